The number of carbonyl (C=O) groups is 1. The number of hydrogen-bond acceptors (Lipinski definition) is 3. The van der Waals surface area contributed by atoms with Crippen molar-refractivity contribution in [1.82, 2.24) is 14.9 Å². The molecule has 29 heavy (non-hydrogen) atoms. The number of amides is 1. The molecule has 0 bridgehead atoms. The van der Waals surface area contributed by atoms with E-state index in [9.17, 15) is 4.79 Å². The second kappa shape index (κ2) is 8.61. The van der Waals surface area contributed by atoms with Crippen molar-refractivity contribution in [1.29, 1.82) is 0 Å². The van der Waals surface area contributed by atoms with Gasteiger partial charge in [0.2, 0.25) is 5.91 Å². The number of aromatic nitrogens is 2. The molecule has 5 nitrogen and oxygen atoms in total. The van der Waals surface area contributed by atoms with Gasteiger partial charge in [0, 0.05) is 18.4 Å². The monoisotopic (exact) mass is 385 g/mol. The van der Waals surface area contributed by atoms with Crippen LogP contribution < -0.4 is 10.1 Å². The Kier molecular flexibility index (Phi) is 5.56. The van der Waals surface area contributed by atoms with Crippen molar-refractivity contribution < 1.29 is 9.53 Å². The maximum atomic E-state index is 11.4. The van der Waals surface area contributed by atoms with Gasteiger partial charge in [0.05, 0.1) is 17.6 Å². The molecule has 0 aliphatic rings. The maximum absolute atomic E-state index is 11.4. The molecule has 0 saturated heterocycles. The molecule has 5 heteroatoms. The highest BCUT2D eigenvalue weighted by molar-refractivity contribution is 5.88. The molecule has 1 heterocycles. The summed E-state index contributed by atoms with van der Waals surface area (Å²) in [6.07, 6.45) is 1.92. The molecule has 1 N–H and O–H groups in total. The Balaban J connectivity index is 1.51. The van der Waals surface area contributed by atoms with Gasteiger partial charge < -0.3 is 14.6 Å². The highest BCUT2D eigenvalue weighted by atomic mass is 16.5. The fourth-order valence-electron chi connectivity index (χ4n) is 3.50. The molecule has 0 fully saturated rings. The van der Waals surface area contributed by atoms with Gasteiger partial charge in [-0.25, -0.2) is 4.98 Å². The maximum Gasteiger partial charge on any atom is 0.243 e. The lowest BCUT2D eigenvalue weighted by Crippen LogP contribution is -2.24. The van der Waals surface area contributed by atoms with Crippen LogP contribution in [0.1, 0.15) is 5.82 Å². The summed E-state index contributed by atoms with van der Waals surface area (Å²) < 4.78 is 8.29. The van der Waals surface area contributed by atoms with Crippen molar-refractivity contribution in [2.24, 2.45) is 0 Å². The predicted molar refractivity (Wildman–Crippen MR) is 116 cm³/mol. The van der Waals surface area contributed by atoms with E-state index >= 15 is 0 Å². The fourth-order valence-corrected chi connectivity index (χ4v) is 3.50. The summed E-state index contributed by atoms with van der Waals surface area (Å²) >= 11 is 0. The average molecular weight is 385 g/mol. The molecule has 1 amide bonds. The van der Waals surface area contributed by atoms with Crippen LogP contribution in [0.4, 0.5) is 0 Å². The van der Waals surface area contributed by atoms with Crippen LogP contribution in [0.25, 0.3) is 21.8 Å². The normalized spacial score (nSPS) is 10.9. The first kappa shape index (κ1) is 18.7. The lowest BCUT2D eigenvalue weighted by Gasteiger charge is -2.12. The number of para-hydroxylation sites is 2. The van der Waals surface area contributed by atoms with Gasteiger partial charge in [0.1, 0.15) is 18.2 Å². The van der Waals surface area contributed by atoms with Crippen LogP contribution in [0.3, 0.4) is 0 Å². The summed E-state index contributed by atoms with van der Waals surface area (Å²) in [6.45, 7) is 5.20. The first-order chi connectivity index (χ1) is 14.3. The number of hydrogen-bond donors (Lipinski definition) is 1. The van der Waals surface area contributed by atoms with Crippen LogP contribution in [0.2, 0.25) is 0 Å². The van der Waals surface area contributed by atoms with Gasteiger partial charge in [-0.1, -0.05) is 55.1 Å². The van der Waals surface area contributed by atoms with E-state index in [1.807, 2.05) is 42.5 Å². The third-order valence-corrected chi connectivity index (χ3v) is 4.89. The Bertz CT molecular complexity index is 1160. The highest BCUT2D eigenvalue weighted by Gasteiger charge is 2.11. The van der Waals surface area contributed by atoms with Crippen molar-refractivity contribution in [3.63, 3.8) is 0 Å². The van der Waals surface area contributed by atoms with E-state index in [0.717, 1.165) is 33.4 Å². The van der Waals surface area contributed by atoms with E-state index in [0.29, 0.717) is 26.1 Å². The van der Waals surface area contributed by atoms with E-state index < -0.39 is 0 Å². The van der Waals surface area contributed by atoms with Gasteiger partial charge >= 0.3 is 0 Å². The van der Waals surface area contributed by atoms with E-state index in [1.54, 1.807) is 0 Å². The molecule has 0 aliphatic carbocycles. The zero-order valence-corrected chi connectivity index (χ0v) is 16.2. The molecule has 0 saturated carbocycles. The average Bonchev–Trinajstić information content (AvgIpc) is 3.11. The minimum atomic E-state index is -0.174. The second-order valence-electron chi connectivity index (χ2n) is 6.74. The van der Waals surface area contributed by atoms with Crippen molar-refractivity contribution in [3.05, 3.63) is 85.2 Å². The zero-order valence-electron chi connectivity index (χ0n) is 16.2. The predicted octanol–water partition coefficient (Wildman–Crippen LogP) is 4.11. The Labute approximate surface area is 169 Å². The van der Waals surface area contributed by atoms with Crippen molar-refractivity contribution in [2.75, 3.05) is 13.2 Å². The number of nitrogens with one attached hydrogen (secondary N) is 1. The first-order valence-electron chi connectivity index (χ1n) is 9.71. The number of carbonyl (C=O) groups excluding carboxylic acids is 1. The summed E-state index contributed by atoms with van der Waals surface area (Å²) in [6, 6.07) is 22.4. The summed E-state index contributed by atoms with van der Waals surface area (Å²) in [4.78, 5) is 16.2. The molecule has 146 valence electrons. The van der Waals surface area contributed by atoms with Crippen molar-refractivity contribution in [2.45, 2.75) is 13.0 Å². The van der Waals surface area contributed by atoms with Gasteiger partial charge in [-0.15, -0.1) is 0 Å². The topological polar surface area (TPSA) is 56.2 Å². The molecule has 0 atom stereocenters. The van der Waals surface area contributed by atoms with Gasteiger partial charge in [-0.05, 0) is 29.7 Å². The zero-order chi connectivity index (χ0) is 20.1. The number of imidazole rings is 1. The van der Waals surface area contributed by atoms with Crippen molar-refractivity contribution >= 4 is 27.7 Å². The quantitative estimate of drug-likeness (QED) is 0.464. The molecule has 4 rings (SSSR count). The molecule has 1 aromatic heterocycles. The molecule has 0 spiro atoms. The summed E-state index contributed by atoms with van der Waals surface area (Å²) in [5.74, 6) is 1.64. The van der Waals surface area contributed by atoms with E-state index in [4.69, 9.17) is 9.72 Å². The largest absolute Gasteiger partial charge is 0.491 e. The van der Waals surface area contributed by atoms with E-state index in [1.165, 1.54) is 6.08 Å². The molecular weight excluding hydrogens is 362 g/mol. The highest BCUT2D eigenvalue weighted by Crippen LogP contribution is 2.25. The van der Waals surface area contributed by atoms with Crippen LogP contribution in [0.15, 0.2) is 79.4 Å². The second-order valence-corrected chi connectivity index (χ2v) is 6.74. The summed E-state index contributed by atoms with van der Waals surface area (Å²) in [7, 11) is 0. The van der Waals surface area contributed by atoms with E-state index in [-0.39, 0.29) is 5.91 Å². The smallest absolute Gasteiger partial charge is 0.243 e. The van der Waals surface area contributed by atoms with Crippen molar-refractivity contribution in [3.8, 4) is 5.75 Å². The Morgan fingerprint density at radius 2 is 1.86 bits per heavy atom. The minimum Gasteiger partial charge on any atom is -0.491 e. The van der Waals surface area contributed by atoms with Crippen LogP contribution >= 0.6 is 0 Å². The fraction of sp³-hybridized carbons (Fsp3) is 0.167. The molecule has 0 unspecified atom stereocenters. The lowest BCUT2D eigenvalue weighted by molar-refractivity contribution is -0.116. The lowest BCUT2D eigenvalue weighted by atomic mass is 10.1. The number of nitrogens with zero attached hydrogens (tertiary/aromatic N) is 2. The van der Waals surface area contributed by atoms with E-state index in [2.05, 4.69) is 40.7 Å². The number of rotatable bonds is 8. The number of benzene rings is 3. The van der Waals surface area contributed by atoms with Crippen LogP contribution in [-0.2, 0) is 17.8 Å². The Morgan fingerprint density at radius 1 is 1.07 bits per heavy atom. The minimum absolute atomic E-state index is 0.174. The van der Waals surface area contributed by atoms with Crippen LogP contribution in [-0.4, -0.2) is 28.6 Å². The number of fused-ring (bicyclic) bond motifs is 2. The molecule has 4 aromatic rings. The van der Waals surface area contributed by atoms with Crippen LogP contribution in [0.5, 0.6) is 5.75 Å². The van der Waals surface area contributed by atoms with Crippen LogP contribution in [0, 0.1) is 0 Å². The standard InChI is InChI=1S/C24H23N3O2/c1-2-24(28)25-15-14-23-26-20-11-5-6-12-21(20)27(23)16-17-29-22-13-7-9-18-8-3-4-10-19(18)22/h2-13H,1,14-17H2,(H,25,28). The SMILES string of the molecule is C=CC(=O)NCCc1nc2ccccc2n1CCOc1cccc2ccccc12. The summed E-state index contributed by atoms with van der Waals surface area (Å²) in [5, 5.41) is 5.09. The Hall–Kier alpha value is -3.60. The molecule has 0 aliphatic heterocycles. The molecule has 0 radical (unpaired) electrons. The summed E-state index contributed by atoms with van der Waals surface area (Å²) in [5.41, 5.74) is 2.02. The Morgan fingerprint density at radius 3 is 2.76 bits per heavy atom. The molecule has 3 aromatic carbocycles. The van der Waals surface area contributed by atoms with Gasteiger partial charge in [-0.2, -0.15) is 0 Å². The van der Waals surface area contributed by atoms with Gasteiger partial charge in [0.15, 0.2) is 0 Å². The third kappa shape index (κ3) is 4.14. The van der Waals surface area contributed by atoms with Gasteiger partial charge in [0.25, 0.3) is 0 Å². The number of ether oxygens (including phenoxy) is 1. The third-order valence-electron chi connectivity index (χ3n) is 4.89. The molecular formula is C24H23N3O2. The first-order valence-corrected chi connectivity index (χ1v) is 9.71. The van der Waals surface area contributed by atoms with Gasteiger partial charge in [-0.3, -0.25) is 4.79 Å².